The third kappa shape index (κ3) is 4.88. The number of nitrogens with zero attached hydrogens (tertiary/aromatic N) is 2. The van der Waals surface area contributed by atoms with Crippen molar-refractivity contribution in [3.8, 4) is 0 Å². The van der Waals surface area contributed by atoms with Gasteiger partial charge in [0.2, 0.25) is 5.91 Å². The molecule has 0 spiro atoms. The summed E-state index contributed by atoms with van der Waals surface area (Å²) < 4.78 is 1.68. The van der Waals surface area contributed by atoms with Crippen LogP contribution in [-0.2, 0) is 11.8 Å². The van der Waals surface area contributed by atoms with E-state index in [0.29, 0.717) is 27.5 Å². The number of hydrogen-bond acceptors (Lipinski definition) is 5. The third-order valence-electron chi connectivity index (χ3n) is 4.33. The number of nitrogens with one attached hydrogen (secondary N) is 3. The van der Waals surface area contributed by atoms with Crippen LogP contribution >= 0.6 is 11.3 Å². The van der Waals surface area contributed by atoms with Gasteiger partial charge in [-0.15, -0.1) is 11.3 Å². The van der Waals surface area contributed by atoms with E-state index in [1.807, 2.05) is 12.3 Å². The normalized spacial score (nSPS) is 10.4. The molecular formula is C20H21N5O3S. The minimum Gasteiger partial charge on any atom is -0.343 e. The van der Waals surface area contributed by atoms with Crippen molar-refractivity contribution in [2.24, 2.45) is 7.05 Å². The van der Waals surface area contributed by atoms with Crippen LogP contribution in [0.15, 0.2) is 41.8 Å². The van der Waals surface area contributed by atoms with Crippen LogP contribution in [-0.4, -0.2) is 34.0 Å². The minimum absolute atomic E-state index is 0.163. The van der Waals surface area contributed by atoms with Gasteiger partial charge in [-0.05, 0) is 49.6 Å². The quantitative estimate of drug-likeness (QED) is 0.580. The average Bonchev–Trinajstić information content (AvgIpc) is 3.32. The number of aryl methyl sites for hydroxylation is 2. The smallest absolute Gasteiger partial charge is 0.265 e. The molecule has 150 valence electrons. The minimum atomic E-state index is -0.379. The van der Waals surface area contributed by atoms with Gasteiger partial charge in [0.1, 0.15) is 0 Å². The fraction of sp³-hybridized carbons (Fsp3) is 0.200. The van der Waals surface area contributed by atoms with E-state index in [1.54, 1.807) is 55.1 Å². The third-order valence-corrected chi connectivity index (χ3v) is 5.20. The topological polar surface area (TPSA) is 105 Å². The van der Waals surface area contributed by atoms with Gasteiger partial charge in [-0.3, -0.25) is 19.1 Å². The summed E-state index contributed by atoms with van der Waals surface area (Å²) in [6, 6.07) is 10.0. The van der Waals surface area contributed by atoms with Crippen LogP contribution in [0.25, 0.3) is 0 Å². The van der Waals surface area contributed by atoms with Crippen molar-refractivity contribution in [3.63, 3.8) is 0 Å². The summed E-state index contributed by atoms with van der Waals surface area (Å²) in [4.78, 5) is 37.1. The predicted molar refractivity (Wildman–Crippen MR) is 112 cm³/mol. The largest absolute Gasteiger partial charge is 0.343 e. The number of carbonyl (C=O) groups is 3. The van der Waals surface area contributed by atoms with Gasteiger partial charge >= 0.3 is 0 Å². The maximum absolute atomic E-state index is 12.3. The van der Waals surface area contributed by atoms with Gasteiger partial charge in [-0.1, -0.05) is 6.07 Å². The van der Waals surface area contributed by atoms with E-state index in [0.717, 1.165) is 5.69 Å². The van der Waals surface area contributed by atoms with Crippen LogP contribution in [0.3, 0.4) is 0 Å². The zero-order chi connectivity index (χ0) is 21.0. The number of thiophene rings is 1. The van der Waals surface area contributed by atoms with Crippen LogP contribution < -0.4 is 16.0 Å². The summed E-state index contributed by atoms with van der Waals surface area (Å²) in [5, 5.41) is 14.2. The Labute approximate surface area is 171 Å². The molecule has 0 fully saturated rings. The molecule has 0 aliphatic rings. The van der Waals surface area contributed by atoms with E-state index in [-0.39, 0.29) is 24.3 Å². The first kappa shape index (κ1) is 20.3. The van der Waals surface area contributed by atoms with Crippen molar-refractivity contribution in [2.45, 2.75) is 13.8 Å². The molecule has 0 bridgehead atoms. The van der Waals surface area contributed by atoms with E-state index in [1.165, 1.54) is 11.3 Å². The van der Waals surface area contributed by atoms with Gasteiger partial charge in [-0.25, -0.2) is 0 Å². The van der Waals surface area contributed by atoms with E-state index in [4.69, 9.17) is 0 Å². The number of amides is 3. The van der Waals surface area contributed by atoms with Gasteiger partial charge in [0.25, 0.3) is 11.8 Å². The monoisotopic (exact) mass is 411 g/mol. The molecular weight excluding hydrogens is 390 g/mol. The van der Waals surface area contributed by atoms with Crippen LogP contribution in [0.4, 0.5) is 11.4 Å². The zero-order valence-electron chi connectivity index (χ0n) is 16.3. The molecule has 8 nitrogen and oxygen atoms in total. The van der Waals surface area contributed by atoms with Crippen molar-refractivity contribution < 1.29 is 14.4 Å². The molecule has 0 atom stereocenters. The highest BCUT2D eigenvalue weighted by Crippen LogP contribution is 2.18. The molecule has 0 unspecified atom stereocenters. The van der Waals surface area contributed by atoms with Crippen molar-refractivity contribution in [3.05, 3.63) is 63.6 Å². The molecule has 3 rings (SSSR count). The van der Waals surface area contributed by atoms with E-state index in [9.17, 15) is 14.4 Å². The summed E-state index contributed by atoms with van der Waals surface area (Å²) >= 11 is 1.35. The maximum atomic E-state index is 12.3. The molecule has 0 saturated carbocycles. The maximum Gasteiger partial charge on any atom is 0.265 e. The Morgan fingerprint density at radius 3 is 2.34 bits per heavy atom. The lowest BCUT2D eigenvalue weighted by Gasteiger charge is -2.08. The standard InChI is InChI=1S/C20H21N5O3S/c1-12-18(13(2)25(3)24-12)23-17(26)11-21-19(27)14-6-8-15(9-7-14)22-20(28)16-5-4-10-29-16/h4-10H,11H2,1-3H3,(H,21,27)(H,22,28)(H,23,26). The summed E-state index contributed by atoms with van der Waals surface area (Å²) in [5.74, 6) is -0.914. The molecule has 3 aromatic rings. The molecule has 3 amide bonds. The van der Waals surface area contributed by atoms with Crippen molar-refractivity contribution >= 4 is 40.4 Å². The fourth-order valence-corrected chi connectivity index (χ4v) is 3.33. The summed E-state index contributed by atoms with van der Waals surface area (Å²) in [7, 11) is 1.80. The van der Waals surface area contributed by atoms with Crippen LogP contribution in [0.5, 0.6) is 0 Å². The molecule has 0 radical (unpaired) electrons. The van der Waals surface area contributed by atoms with Crippen LogP contribution in [0.1, 0.15) is 31.4 Å². The first-order valence-electron chi connectivity index (χ1n) is 8.88. The molecule has 1 aromatic carbocycles. The Morgan fingerprint density at radius 1 is 1.03 bits per heavy atom. The lowest BCUT2D eigenvalue weighted by atomic mass is 10.2. The fourth-order valence-electron chi connectivity index (χ4n) is 2.71. The average molecular weight is 411 g/mol. The van der Waals surface area contributed by atoms with Crippen molar-refractivity contribution in [2.75, 3.05) is 17.2 Å². The van der Waals surface area contributed by atoms with Gasteiger partial charge in [-0.2, -0.15) is 5.10 Å². The van der Waals surface area contributed by atoms with E-state index in [2.05, 4.69) is 21.0 Å². The number of carbonyl (C=O) groups excluding carboxylic acids is 3. The number of aromatic nitrogens is 2. The second-order valence-corrected chi connectivity index (χ2v) is 7.36. The molecule has 2 aromatic heterocycles. The highest BCUT2D eigenvalue weighted by Gasteiger charge is 2.14. The highest BCUT2D eigenvalue weighted by molar-refractivity contribution is 7.12. The van der Waals surface area contributed by atoms with Crippen molar-refractivity contribution in [1.82, 2.24) is 15.1 Å². The predicted octanol–water partition coefficient (Wildman–Crippen LogP) is 2.72. The zero-order valence-corrected chi connectivity index (χ0v) is 17.1. The Hall–Kier alpha value is -3.46. The molecule has 0 saturated heterocycles. The van der Waals surface area contributed by atoms with Gasteiger partial charge in [0, 0.05) is 18.3 Å². The summed E-state index contributed by atoms with van der Waals surface area (Å²) in [6.45, 7) is 3.50. The Morgan fingerprint density at radius 2 is 1.76 bits per heavy atom. The van der Waals surface area contributed by atoms with Gasteiger partial charge < -0.3 is 16.0 Å². The first-order chi connectivity index (χ1) is 13.8. The molecule has 29 heavy (non-hydrogen) atoms. The number of benzene rings is 1. The van der Waals surface area contributed by atoms with Crippen LogP contribution in [0, 0.1) is 13.8 Å². The van der Waals surface area contributed by atoms with Crippen molar-refractivity contribution in [1.29, 1.82) is 0 Å². The second-order valence-electron chi connectivity index (χ2n) is 6.41. The number of hydrogen-bond donors (Lipinski definition) is 3. The highest BCUT2D eigenvalue weighted by atomic mass is 32.1. The molecule has 0 aliphatic carbocycles. The Balaban J connectivity index is 1.52. The molecule has 3 N–H and O–H groups in total. The van der Waals surface area contributed by atoms with E-state index >= 15 is 0 Å². The summed E-state index contributed by atoms with van der Waals surface area (Å²) in [6.07, 6.45) is 0. The van der Waals surface area contributed by atoms with Gasteiger partial charge in [0.15, 0.2) is 0 Å². The number of rotatable bonds is 6. The lowest BCUT2D eigenvalue weighted by Crippen LogP contribution is -2.33. The van der Waals surface area contributed by atoms with E-state index < -0.39 is 0 Å². The SMILES string of the molecule is Cc1nn(C)c(C)c1NC(=O)CNC(=O)c1ccc(NC(=O)c2cccs2)cc1. The first-order valence-corrected chi connectivity index (χ1v) is 9.76. The molecule has 9 heteroatoms. The lowest BCUT2D eigenvalue weighted by molar-refractivity contribution is -0.115. The summed E-state index contributed by atoms with van der Waals surface area (Å²) in [5.41, 5.74) is 3.17. The molecule has 2 heterocycles. The Kier molecular flexibility index (Phi) is 6.08. The Bertz CT molecular complexity index is 1040. The van der Waals surface area contributed by atoms with Crippen LogP contribution in [0.2, 0.25) is 0 Å². The second kappa shape index (κ2) is 8.70. The number of anilines is 2. The van der Waals surface area contributed by atoms with Gasteiger partial charge in [0.05, 0.1) is 28.5 Å². The molecule has 0 aliphatic heterocycles.